The Kier molecular flexibility index (Phi) is 7.29. The molecule has 3 aromatic rings. The van der Waals surface area contributed by atoms with Gasteiger partial charge in [-0.2, -0.15) is 0 Å². The first-order chi connectivity index (χ1) is 17.2. The first-order valence-corrected chi connectivity index (χ1v) is 12.1. The lowest BCUT2D eigenvalue weighted by atomic mass is 10.1. The molecule has 1 aromatic heterocycles. The summed E-state index contributed by atoms with van der Waals surface area (Å²) in [4.78, 5) is 12.5. The smallest absolute Gasteiger partial charge is 0.354 e. The number of carbonyl (C=O) groups excluding carboxylic acids is 1. The zero-order valence-electron chi connectivity index (χ0n) is 19.9. The molecule has 1 saturated heterocycles. The average molecular weight is 478 g/mol. The van der Waals surface area contributed by atoms with Crippen molar-refractivity contribution >= 4 is 5.97 Å². The van der Waals surface area contributed by atoms with Crippen LogP contribution >= 0.6 is 0 Å². The second-order valence-corrected chi connectivity index (χ2v) is 8.91. The predicted octanol–water partition coefficient (Wildman–Crippen LogP) is 4.48. The quantitative estimate of drug-likeness (QED) is 0.423. The molecule has 5 rings (SSSR count). The lowest BCUT2D eigenvalue weighted by Crippen LogP contribution is -2.42. The molecule has 0 amide bonds. The van der Waals surface area contributed by atoms with Crippen molar-refractivity contribution in [1.29, 1.82) is 0 Å². The number of nitrogens with zero attached hydrogens (tertiary/aromatic N) is 1. The maximum absolute atomic E-state index is 12.5. The van der Waals surface area contributed by atoms with Crippen LogP contribution < -0.4 is 0 Å². The first-order valence-electron chi connectivity index (χ1n) is 12.1. The maximum Gasteiger partial charge on any atom is 0.354 e. The zero-order valence-corrected chi connectivity index (χ0v) is 19.9. The first kappa shape index (κ1) is 23.8. The number of ether oxygens (including phenoxy) is 5. The van der Waals surface area contributed by atoms with Gasteiger partial charge < -0.3 is 28.3 Å². The van der Waals surface area contributed by atoms with Gasteiger partial charge in [-0.05, 0) is 30.2 Å². The molecule has 0 N–H and O–H groups in total. The number of rotatable bonds is 9. The number of carbonyl (C=O) groups is 1. The zero-order chi connectivity index (χ0) is 24.1. The maximum atomic E-state index is 12.5. The molecule has 1 spiro atoms. The van der Waals surface area contributed by atoms with E-state index in [9.17, 15) is 4.79 Å². The summed E-state index contributed by atoms with van der Waals surface area (Å²) >= 11 is 0. The molecule has 0 radical (unpaired) electrons. The topological polar surface area (TPSA) is 68.2 Å². The molecular weight excluding hydrogens is 446 g/mol. The minimum Gasteiger partial charge on any atom is -0.461 e. The summed E-state index contributed by atoms with van der Waals surface area (Å²) in [6.45, 7) is 4.22. The van der Waals surface area contributed by atoms with E-state index in [1.807, 2.05) is 71.3 Å². The Morgan fingerprint density at radius 1 is 1.00 bits per heavy atom. The van der Waals surface area contributed by atoms with Crippen LogP contribution in [0.1, 0.15) is 40.7 Å². The molecule has 3 atom stereocenters. The molecule has 7 nitrogen and oxygen atoms in total. The fourth-order valence-corrected chi connectivity index (χ4v) is 4.68. The van der Waals surface area contributed by atoms with Crippen molar-refractivity contribution in [2.45, 2.75) is 57.7 Å². The van der Waals surface area contributed by atoms with Crippen LogP contribution in [-0.2, 0) is 50.0 Å². The van der Waals surface area contributed by atoms with Gasteiger partial charge in [-0.25, -0.2) is 4.79 Å². The van der Waals surface area contributed by atoms with Gasteiger partial charge in [0.15, 0.2) is 5.79 Å². The van der Waals surface area contributed by atoms with Crippen molar-refractivity contribution in [3.63, 3.8) is 0 Å². The van der Waals surface area contributed by atoms with E-state index in [0.717, 1.165) is 16.8 Å². The van der Waals surface area contributed by atoms with E-state index < -0.39 is 5.79 Å². The van der Waals surface area contributed by atoms with Gasteiger partial charge in [0.2, 0.25) is 0 Å². The van der Waals surface area contributed by atoms with Gasteiger partial charge in [0, 0.05) is 12.1 Å². The monoisotopic (exact) mass is 477 g/mol. The van der Waals surface area contributed by atoms with Crippen molar-refractivity contribution < 1.29 is 28.5 Å². The van der Waals surface area contributed by atoms with Crippen LogP contribution in [0.15, 0.2) is 72.8 Å². The number of hydrogen-bond donors (Lipinski definition) is 0. The number of esters is 1. The Morgan fingerprint density at radius 2 is 1.71 bits per heavy atom. The second-order valence-electron chi connectivity index (χ2n) is 8.91. The molecule has 0 bridgehead atoms. The fourth-order valence-electron chi connectivity index (χ4n) is 4.68. The van der Waals surface area contributed by atoms with Gasteiger partial charge in [0.1, 0.15) is 11.8 Å². The number of fused-ring (bicyclic) bond motifs is 1. The normalized spacial score (nSPS) is 23.3. The van der Waals surface area contributed by atoms with Crippen LogP contribution in [-0.4, -0.2) is 41.7 Å². The molecule has 2 aliphatic heterocycles. The lowest BCUT2D eigenvalue weighted by molar-refractivity contribution is -0.257. The van der Waals surface area contributed by atoms with Crippen LogP contribution in [0.25, 0.3) is 0 Å². The molecular formula is C28H31NO6. The third-order valence-corrected chi connectivity index (χ3v) is 6.43. The van der Waals surface area contributed by atoms with Crippen LogP contribution in [0.3, 0.4) is 0 Å². The van der Waals surface area contributed by atoms with E-state index in [1.54, 1.807) is 13.0 Å². The molecule has 0 aliphatic carbocycles. The Bertz CT molecular complexity index is 1110. The average Bonchev–Trinajstić information content (AvgIpc) is 3.45. The Labute approximate surface area is 205 Å². The van der Waals surface area contributed by atoms with Crippen molar-refractivity contribution in [3.8, 4) is 0 Å². The highest BCUT2D eigenvalue weighted by Gasteiger charge is 2.50. The molecule has 184 valence electrons. The Balaban J connectivity index is 1.30. The molecule has 0 saturated carbocycles. The largest absolute Gasteiger partial charge is 0.461 e. The Hall–Kier alpha value is -2.97. The molecule has 35 heavy (non-hydrogen) atoms. The Morgan fingerprint density at radius 3 is 2.43 bits per heavy atom. The summed E-state index contributed by atoms with van der Waals surface area (Å²) in [6, 6.07) is 23.8. The lowest BCUT2D eigenvalue weighted by Gasteiger charge is -2.35. The third kappa shape index (κ3) is 5.49. The van der Waals surface area contributed by atoms with E-state index >= 15 is 0 Å². The van der Waals surface area contributed by atoms with Gasteiger partial charge in [-0.1, -0.05) is 60.7 Å². The highest BCUT2D eigenvalue weighted by atomic mass is 16.7. The number of hydrogen-bond acceptors (Lipinski definition) is 6. The number of benzene rings is 2. The third-order valence-electron chi connectivity index (χ3n) is 6.43. The van der Waals surface area contributed by atoms with Crippen LogP contribution in [0.2, 0.25) is 0 Å². The standard InChI is InChI=1S/C28H31NO6/c1-2-32-27(30)24-14-13-23-18-34-28(20-29(23)24)15-25(33-17-22-11-7-4-8-12-22)26(35-28)19-31-16-21-9-5-3-6-10-21/h3-14,25-26H,2,15-20H2,1H3/t25-,26+,28-/m0/s1. The van der Waals surface area contributed by atoms with Gasteiger partial charge in [0.05, 0.1) is 45.7 Å². The summed E-state index contributed by atoms with van der Waals surface area (Å²) in [5.41, 5.74) is 3.64. The second kappa shape index (κ2) is 10.7. The van der Waals surface area contributed by atoms with Crippen molar-refractivity contribution in [2.75, 3.05) is 13.2 Å². The van der Waals surface area contributed by atoms with Gasteiger partial charge >= 0.3 is 5.97 Å². The van der Waals surface area contributed by atoms with E-state index in [4.69, 9.17) is 23.7 Å². The SMILES string of the molecule is CCOC(=O)c1ccc2n1C[C@@]1(C[C@H](OCc3ccccc3)[C@@H](COCc3ccccc3)O1)OC2. The van der Waals surface area contributed by atoms with Crippen LogP contribution in [0.5, 0.6) is 0 Å². The van der Waals surface area contributed by atoms with Gasteiger partial charge in [0.25, 0.3) is 0 Å². The molecule has 2 aliphatic rings. The van der Waals surface area contributed by atoms with E-state index in [2.05, 4.69) is 0 Å². The molecule has 0 unspecified atom stereocenters. The highest BCUT2D eigenvalue weighted by Crippen LogP contribution is 2.39. The molecule has 7 heteroatoms. The molecule has 2 aromatic carbocycles. The van der Waals surface area contributed by atoms with Gasteiger partial charge in [-0.15, -0.1) is 0 Å². The summed E-state index contributed by atoms with van der Waals surface area (Å²) in [7, 11) is 0. The van der Waals surface area contributed by atoms with Crippen LogP contribution in [0.4, 0.5) is 0 Å². The van der Waals surface area contributed by atoms with E-state index in [1.165, 1.54) is 0 Å². The van der Waals surface area contributed by atoms with Crippen LogP contribution in [0, 0.1) is 0 Å². The number of aromatic nitrogens is 1. The van der Waals surface area contributed by atoms with E-state index in [0.29, 0.717) is 51.7 Å². The van der Waals surface area contributed by atoms with Crippen molar-refractivity contribution in [3.05, 3.63) is 95.3 Å². The van der Waals surface area contributed by atoms with Crippen molar-refractivity contribution in [2.24, 2.45) is 0 Å². The van der Waals surface area contributed by atoms with E-state index in [-0.39, 0.29) is 18.2 Å². The minimum atomic E-state index is -0.893. The van der Waals surface area contributed by atoms with Gasteiger partial charge in [-0.3, -0.25) is 0 Å². The summed E-state index contributed by atoms with van der Waals surface area (Å²) in [5, 5.41) is 0. The molecule has 1 fully saturated rings. The minimum absolute atomic E-state index is 0.214. The predicted molar refractivity (Wildman–Crippen MR) is 129 cm³/mol. The van der Waals surface area contributed by atoms with Crippen molar-refractivity contribution in [1.82, 2.24) is 4.57 Å². The summed E-state index contributed by atoms with van der Waals surface area (Å²) < 4.78 is 32.3. The fraction of sp³-hybridized carbons (Fsp3) is 0.393. The highest BCUT2D eigenvalue weighted by molar-refractivity contribution is 5.88. The molecule has 3 heterocycles. The summed E-state index contributed by atoms with van der Waals surface area (Å²) in [6.07, 6.45) is 0.0266. The summed E-state index contributed by atoms with van der Waals surface area (Å²) in [5.74, 6) is -1.23.